The molecule has 0 aliphatic heterocycles. The largest absolute Gasteiger partial charge is 0.490 e. The number of furan rings is 1. The molecule has 0 spiro atoms. The molecule has 1 aromatic carbocycles. The molecule has 0 aliphatic rings. The molecule has 8 heteroatoms. The standard InChI is InChI=1S/C17H16ClN3O4/c1-10-13(14-15(22)19-9-20-16(14)25-10)17(23)21(2)7-8-24-12-6-4-3-5-11(12)18/h3-6,9H,7-8H2,1-2H3,(H,19,20,22). The van der Waals surface area contributed by atoms with E-state index in [1.807, 2.05) is 12.1 Å². The number of ether oxygens (including phenoxy) is 1. The zero-order valence-electron chi connectivity index (χ0n) is 13.7. The van der Waals surface area contributed by atoms with Gasteiger partial charge in [-0.25, -0.2) is 4.98 Å². The third-order valence-electron chi connectivity index (χ3n) is 3.75. The van der Waals surface area contributed by atoms with Crippen LogP contribution in [0.1, 0.15) is 16.1 Å². The molecular weight excluding hydrogens is 346 g/mol. The van der Waals surface area contributed by atoms with E-state index in [0.29, 0.717) is 23.1 Å². The number of nitrogens with one attached hydrogen (secondary N) is 1. The van der Waals surface area contributed by atoms with Crippen LogP contribution >= 0.6 is 11.6 Å². The Morgan fingerprint density at radius 2 is 2.16 bits per heavy atom. The van der Waals surface area contributed by atoms with E-state index >= 15 is 0 Å². The van der Waals surface area contributed by atoms with Crippen LogP contribution in [0.2, 0.25) is 5.02 Å². The lowest BCUT2D eigenvalue weighted by atomic mass is 10.1. The highest BCUT2D eigenvalue weighted by Crippen LogP contribution is 2.24. The van der Waals surface area contributed by atoms with Crippen molar-refractivity contribution in [3.05, 3.63) is 57.3 Å². The molecule has 0 saturated heterocycles. The van der Waals surface area contributed by atoms with E-state index in [4.69, 9.17) is 20.8 Å². The van der Waals surface area contributed by atoms with Gasteiger partial charge in [-0.1, -0.05) is 23.7 Å². The van der Waals surface area contributed by atoms with Gasteiger partial charge in [0.25, 0.3) is 11.5 Å². The predicted molar refractivity (Wildman–Crippen MR) is 93.3 cm³/mol. The number of fused-ring (bicyclic) bond motifs is 1. The summed E-state index contributed by atoms with van der Waals surface area (Å²) >= 11 is 6.02. The summed E-state index contributed by atoms with van der Waals surface area (Å²) in [7, 11) is 1.63. The number of hydrogen-bond acceptors (Lipinski definition) is 5. The minimum atomic E-state index is -0.411. The van der Waals surface area contributed by atoms with Crippen LogP contribution in [0, 0.1) is 6.92 Å². The van der Waals surface area contributed by atoms with Crippen molar-refractivity contribution in [3.8, 4) is 5.75 Å². The van der Waals surface area contributed by atoms with E-state index in [0.717, 1.165) is 0 Å². The molecule has 0 radical (unpaired) electrons. The number of amides is 1. The fraction of sp³-hybridized carbons (Fsp3) is 0.235. The van der Waals surface area contributed by atoms with Gasteiger partial charge >= 0.3 is 0 Å². The van der Waals surface area contributed by atoms with Crippen molar-refractivity contribution in [2.24, 2.45) is 0 Å². The number of rotatable bonds is 5. The highest BCUT2D eigenvalue weighted by atomic mass is 35.5. The Bertz CT molecular complexity index is 979. The molecule has 0 unspecified atom stereocenters. The fourth-order valence-corrected chi connectivity index (χ4v) is 2.65. The van der Waals surface area contributed by atoms with Gasteiger partial charge in [0.05, 0.1) is 23.5 Å². The topological polar surface area (TPSA) is 88.4 Å². The number of carbonyl (C=O) groups is 1. The molecular formula is C17H16ClN3O4. The normalized spacial score (nSPS) is 10.8. The third-order valence-corrected chi connectivity index (χ3v) is 4.06. The summed E-state index contributed by atoms with van der Waals surface area (Å²) in [6.07, 6.45) is 1.24. The van der Waals surface area contributed by atoms with Crippen molar-refractivity contribution < 1.29 is 13.9 Å². The highest BCUT2D eigenvalue weighted by molar-refractivity contribution is 6.32. The van der Waals surface area contributed by atoms with E-state index < -0.39 is 5.56 Å². The fourth-order valence-electron chi connectivity index (χ4n) is 2.46. The zero-order valence-corrected chi connectivity index (χ0v) is 14.5. The van der Waals surface area contributed by atoms with Crippen molar-refractivity contribution in [2.75, 3.05) is 20.2 Å². The molecule has 130 valence electrons. The van der Waals surface area contributed by atoms with Crippen molar-refractivity contribution in [1.29, 1.82) is 0 Å². The molecule has 2 heterocycles. The van der Waals surface area contributed by atoms with Crippen LogP contribution < -0.4 is 10.3 Å². The smallest absolute Gasteiger partial charge is 0.262 e. The van der Waals surface area contributed by atoms with Gasteiger partial charge in [0.1, 0.15) is 23.5 Å². The van der Waals surface area contributed by atoms with Gasteiger partial charge in [-0.3, -0.25) is 9.59 Å². The Balaban J connectivity index is 1.74. The average molecular weight is 362 g/mol. The van der Waals surface area contributed by atoms with E-state index in [1.165, 1.54) is 11.2 Å². The van der Waals surface area contributed by atoms with Crippen molar-refractivity contribution in [1.82, 2.24) is 14.9 Å². The molecule has 0 atom stereocenters. The number of hydrogen-bond donors (Lipinski definition) is 1. The summed E-state index contributed by atoms with van der Waals surface area (Å²) in [4.78, 5) is 32.6. The number of aryl methyl sites for hydroxylation is 1. The zero-order chi connectivity index (χ0) is 18.0. The van der Waals surface area contributed by atoms with Gasteiger partial charge in [0.15, 0.2) is 0 Å². The molecule has 0 fully saturated rings. The predicted octanol–water partition coefficient (Wildman–Crippen LogP) is 2.63. The molecule has 3 rings (SSSR count). The van der Waals surface area contributed by atoms with Crippen molar-refractivity contribution in [2.45, 2.75) is 6.92 Å². The molecule has 7 nitrogen and oxygen atoms in total. The van der Waals surface area contributed by atoms with E-state index in [-0.39, 0.29) is 29.2 Å². The maximum atomic E-state index is 12.7. The average Bonchev–Trinajstić information content (AvgIpc) is 2.93. The first-order valence-electron chi connectivity index (χ1n) is 7.58. The maximum absolute atomic E-state index is 12.7. The van der Waals surface area contributed by atoms with Crippen LogP contribution in [0.4, 0.5) is 0 Å². The van der Waals surface area contributed by atoms with E-state index in [9.17, 15) is 9.59 Å². The molecule has 1 N–H and O–H groups in total. The van der Waals surface area contributed by atoms with Crippen LogP contribution in [-0.4, -0.2) is 41.0 Å². The summed E-state index contributed by atoms with van der Waals surface area (Å²) in [6, 6.07) is 7.11. The lowest BCUT2D eigenvalue weighted by Gasteiger charge is -2.17. The number of para-hydroxylation sites is 1. The summed E-state index contributed by atoms with van der Waals surface area (Å²) in [5.41, 5.74) is -0.0548. The number of halogens is 1. The number of aromatic amines is 1. The van der Waals surface area contributed by atoms with Crippen LogP contribution in [0.3, 0.4) is 0 Å². The summed E-state index contributed by atoms with van der Waals surface area (Å²) in [5.74, 6) is 0.566. The maximum Gasteiger partial charge on any atom is 0.262 e. The van der Waals surface area contributed by atoms with E-state index in [1.54, 1.807) is 26.1 Å². The number of benzene rings is 1. The lowest BCUT2D eigenvalue weighted by Crippen LogP contribution is -2.31. The number of aromatic nitrogens is 2. The number of carbonyl (C=O) groups excluding carboxylic acids is 1. The number of likely N-dealkylation sites (N-methyl/N-ethyl adjacent to an activating group) is 1. The minimum Gasteiger partial charge on any atom is -0.490 e. The highest BCUT2D eigenvalue weighted by Gasteiger charge is 2.24. The van der Waals surface area contributed by atoms with Crippen molar-refractivity contribution >= 4 is 28.6 Å². The van der Waals surface area contributed by atoms with Gasteiger partial charge < -0.3 is 19.0 Å². The monoisotopic (exact) mass is 361 g/mol. The van der Waals surface area contributed by atoms with Gasteiger partial charge in [-0.05, 0) is 19.1 Å². The quantitative estimate of drug-likeness (QED) is 0.754. The Morgan fingerprint density at radius 3 is 2.92 bits per heavy atom. The van der Waals surface area contributed by atoms with E-state index in [2.05, 4.69) is 9.97 Å². The second-order valence-electron chi connectivity index (χ2n) is 5.45. The first-order chi connectivity index (χ1) is 12.0. The number of nitrogens with zero attached hydrogens (tertiary/aromatic N) is 2. The third kappa shape index (κ3) is 3.36. The Hall–Kier alpha value is -2.80. The summed E-state index contributed by atoms with van der Waals surface area (Å²) in [5, 5.41) is 0.662. The van der Waals surface area contributed by atoms with Gasteiger partial charge in [0.2, 0.25) is 5.71 Å². The Kier molecular flexibility index (Phi) is 4.76. The minimum absolute atomic E-state index is 0.144. The first-order valence-corrected chi connectivity index (χ1v) is 7.96. The Morgan fingerprint density at radius 1 is 1.40 bits per heavy atom. The molecule has 0 aliphatic carbocycles. The molecule has 0 bridgehead atoms. The molecule has 1 amide bonds. The van der Waals surface area contributed by atoms with Gasteiger partial charge in [-0.2, -0.15) is 0 Å². The van der Waals surface area contributed by atoms with Crippen LogP contribution in [0.5, 0.6) is 5.75 Å². The SMILES string of the molecule is Cc1oc2nc[nH]c(=O)c2c1C(=O)N(C)CCOc1ccccc1Cl. The molecule has 3 aromatic rings. The summed E-state index contributed by atoms with van der Waals surface area (Å²) in [6.45, 7) is 2.20. The molecule has 2 aromatic heterocycles. The second-order valence-corrected chi connectivity index (χ2v) is 5.86. The van der Waals surface area contributed by atoms with Crippen LogP contribution in [0.25, 0.3) is 11.1 Å². The van der Waals surface area contributed by atoms with Crippen LogP contribution in [0.15, 0.2) is 39.8 Å². The van der Waals surface area contributed by atoms with Gasteiger partial charge in [0, 0.05) is 7.05 Å². The van der Waals surface area contributed by atoms with Gasteiger partial charge in [-0.15, -0.1) is 0 Å². The van der Waals surface area contributed by atoms with Crippen LogP contribution in [-0.2, 0) is 0 Å². The number of H-pyrrole nitrogens is 1. The first kappa shape index (κ1) is 17.0. The second kappa shape index (κ2) is 6.98. The lowest BCUT2D eigenvalue weighted by molar-refractivity contribution is 0.0773. The van der Waals surface area contributed by atoms with Crippen molar-refractivity contribution in [3.63, 3.8) is 0 Å². The molecule has 25 heavy (non-hydrogen) atoms. The Labute approximate surface area is 148 Å². The molecule has 0 saturated carbocycles. The summed E-state index contributed by atoms with van der Waals surface area (Å²) < 4.78 is 11.0.